The molecule has 3 rings (SSSR count). The lowest BCUT2D eigenvalue weighted by molar-refractivity contribution is 0.193. The summed E-state index contributed by atoms with van der Waals surface area (Å²) in [7, 11) is -2.40. The monoisotopic (exact) mass is 326 g/mol. The molecule has 1 aliphatic rings. The van der Waals surface area contributed by atoms with E-state index >= 15 is 0 Å². The van der Waals surface area contributed by atoms with E-state index < -0.39 is 8.32 Å². The second kappa shape index (κ2) is 5.89. The van der Waals surface area contributed by atoms with Gasteiger partial charge in [0.05, 0.1) is 13.2 Å². The molecule has 0 bridgehead atoms. The van der Waals surface area contributed by atoms with E-state index in [4.69, 9.17) is 9.16 Å². The summed E-state index contributed by atoms with van der Waals surface area (Å²) in [5, 5.41) is 2.67. The van der Waals surface area contributed by atoms with E-state index in [0.29, 0.717) is 6.61 Å². The van der Waals surface area contributed by atoms with Crippen molar-refractivity contribution in [1.82, 2.24) is 0 Å². The van der Waals surface area contributed by atoms with Crippen molar-refractivity contribution in [2.24, 2.45) is 0 Å². The fraction of sp³-hybridized carbons (Fsp3) is 0.400. The van der Waals surface area contributed by atoms with Gasteiger partial charge >= 0.3 is 0 Å². The molecule has 0 aliphatic carbocycles. The third kappa shape index (κ3) is 3.14. The van der Waals surface area contributed by atoms with Crippen LogP contribution in [0.1, 0.15) is 27.7 Å². The normalized spacial score (nSPS) is 21.2. The Morgan fingerprint density at radius 2 is 1.39 bits per heavy atom. The van der Waals surface area contributed by atoms with Gasteiger partial charge in [-0.3, -0.25) is 0 Å². The van der Waals surface area contributed by atoms with Crippen LogP contribution in [0.5, 0.6) is 0 Å². The Balaban J connectivity index is 2.13. The van der Waals surface area contributed by atoms with Crippen LogP contribution in [-0.4, -0.2) is 27.1 Å². The lowest BCUT2D eigenvalue weighted by Gasteiger charge is -2.43. The standard InChI is InChI=1S/C20H26O2Si/c1-19(2,3)23(17-11-7-5-8-12-17,18-13-9-6-10-14-18)22-16-20(4)15-21-20/h5-14H,15-16H2,1-4H3/t20-/m1/s1. The minimum atomic E-state index is -2.40. The summed E-state index contributed by atoms with van der Waals surface area (Å²) in [4.78, 5) is 0. The smallest absolute Gasteiger partial charge is 0.261 e. The van der Waals surface area contributed by atoms with Crippen molar-refractivity contribution in [2.45, 2.75) is 38.3 Å². The minimum Gasteiger partial charge on any atom is -0.404 e. The molecule has 2 aromatic rings. The van der Waals surface area contributed by atoms with Crippen molar-refractivity contribution in [2.75, 3.05) is 13.2 Å². The second-order valence-corrected chi connectivity index (χ2v) is 12.0. The molecule has 0 N–H and O–H groups in total. The lowest BCUT2D eigenvalue weighted by Crippen LogP contribution is -2.67. The molecule has 1 saturated heterocycles. The Labute approximate surface area is 140 Å². The number of ether oxygens (including phenoxy) is 1. The molecule has 1 fully saturated rings. The van der Waals surface area contributed by atoms with Crippen LogP contribution in [0.2, 0.25) is 5.04 Å². The molecule has 0 saturated carbocycles. The molecule has 1 aliphatic heterocycles. The van der Waals surface area contributed by atoms with E-state index in [-0.39, 0.29) is 10.6 Å². The molecule has 0 amide bonds. The van der Waals surface area contributed by atoms with Crippen molar-refractivity contribution in [3.05, 3.63) is 60.7 Å². The predicted octanol–water partition coefficient (Wildman–Crippen LogP) is 3.35. The van der Waals surface area contributed by atoms with Crippen LogP contribution in [-0.2, 0) is 9.16 Å². The fourth-order valence-electron chi connectivity index (χ4n) is 3.23. The van der Waals surface area contributed by atoms with Gasteiger partial charge in [-0.25, -0.2) is 0 Å². The van der Waals surface area contributed by atoms with Crippen LogP contribution < -0.4 is 10.4 Å². The molecule has 0 radical (unpaired) electrons. The maximum atomic E-state index is 6.81. The van der Waals surface area contributed by atoms with Gasteiger partial charge in [-0.1, -0.05) is 81.4 Å². The van der Waals surface area contributed by atoms with Gasteiger partial charge in [0.15, 0.2) is 0 Å². The van der Waals surface area contributed by atoms with E-state index in [2.05, 4.69) is 88.4 Å². The molecule has 0 unspecified atom stereocenters. The summed E-state index contributed by atoms with van der Waals surface area (Å²) in [6.45, 7) is 10.5. The van der Waals surface area contributed by atoms with Crippen LogP contribution in [0, 0.1) is 0 Å². The highest BCUT2D eigenvalue weighted by Crippen LogP contribution is 2.38. The Hall–Kier alpha value is -1.42. The first kappa shape index (κ1) is 16.4. The van der Waals surface area contributed by atoms with E-state index in [1.807, 2.05) is 0 Å². The third-order valence-corrected chi connectivity index (χ3v) is 9.63. The van der Waals surface area contributed by atoms with E-state index in [1.54, 1.807) is 0 Å². The summed E-state index contributed by atoms with van der Waals surface area (Å²) in [6, 6.07) is 21.5. The molecule has 122 valence electrons. The van der Waals surface area contributed by atoms with Gasteiger partial charge < -0.3 is 9.16 Å². The average Bonchev–Trinajstić information content (AvgIpc) is 3.27. The van der Waals surface area contributed by atoms with E-state index in [9.17, 15) is 0 Å². The zero-order valence-corrected chi connectivity index (χ0v) is 15.5. The quantitative estimate of drug-likeness (QED) is 0.621. The number of hydrogen-bond donors (Lipinski definition) is 0. The van der Waals surface area contributed by atoms with Gasteiger partial charge in [-0.05, 0) is 22.3 Å². The van der Waals surface area contributed by atoms with Gasteiger partial charge in [0.25, 0.3) is 8.32 Å². The molecule has 0 spiro atoms. The Morgan fingerprint density at radius 1 is 0.957 bits per heavy atom. The highest BCUT2D eigenvalue weighted by molar-refractivity contribution is 6.99. The molecular formula is C20H26O2Si. The maximum absolute atomic E-state index is 6.81. The summed E-state index contributed by atoms with van der Waals surface area (Å²) < 4.78 is 12.4. The van der Waals surface area contributed by atoms with Crippen molar-refractivity contribution in [3.8, 4) is 0 Å². The Kier molecular flexibility index (Phi) is 4.21. The van der Waals surface area contributed by atoms with Gasteiger partial charge in [0.1, 0.15) is 5.60 Å². The SMILES string of the molecule is CC(C)(C)[Si](OC[C@@]1(C)CO1)(c1ccccc1)c1ccccc1. The summed E-state index contributed by atoms with van der Waals surface area (Å²) in [6.07, 6.45) is 0. The van der Waals surface area contributed by atoms with Crippen molar-refractivity contribution < 1.29 is 9.16 Å². The summed E-state index contributed by atoms with van der Waals surface area (Å²) in [5.74, 6) is 0. The van der Waals surface area contributed by atoms with Gasteiger partial charge in [0.2, 0.25) is 0 Å². The van der Waals surface area contributed by atoms with Gasteiger partial charge in [-0.15, -0.1) is 0 Å². The maximum Gasteiger partial charge on any atom is 0.261 e. The van der Waals surface area contributed by atoms with Gasteiger partial charge in [0, 0.05) is 0 Å². The molecule has 23 heavy (non-hydrogen) atoms. The van der Waals surface area contributed by atoms with Crippen molar-refractivity contribution in [1.29, 1.82) is 0 Å². The molecule has 3 heteroatoms. The van der Waals surface area contributed by atoms with Crippen LogP contribution in [0.4, 0.5) is 0 Å². The summed E-state index contributed by atoms with van der Waals surface area (Å²) >= 11 is 0. The molecule has 1 atom stereocenters. The highest BCUT2D eigenvalue weighted by atomic mass is 28.4. The number of epoxide rings is 1. The molecule has 2 aromatic carbocycles. The number of hydrogen-bond acceptors (Lipinski definition) is 2. The van der Waals surface area contributed by atoms with Crippen LogP contribution in [0.25, 0.3) is 0 Å². The molecular weight excluding hydrogens is 300 g/mol. The van der Waals surface area contributed by atoms with E-state index in [1.165, 1.54) is 10.4 Å². The Bertz CT molecular complexity index is 603. The third-order valence-electron chi connectivity index (χ3n) is 4.65. The van der Waals surface area contributed by atoms with Crippen LogP contribution >= 0.6 is 0 Å². The highest BCUT2D eigenvalue weighted by Gasteiger charge is 2.52. The average molecular weight is 327 g/mol. The first-order chi connectivity index (χ1) is 10.9. The zero-order chi connectivity index (χ0) is 16.6. The predicted molar refractivity (Wildman–Crippen MR) is 97.9 cm³/mol. The largest absolute Gasteiger partial charge is 0.404 e. The topological polar surface area (TPSA) is 21.8 Å². The Morgan fingerprint density at radius 3 is 1.74 bits per heavy atom. The molecule has 0 aromatic heterocycles. The van der Waals surface area contributed by atoms with Crippen LogP contribution in [0.3, 0.4) is 0 Å². The van der Waals surface area contributed by atoms with Crippen LogP contribution in [0.15, 0.2) is 60.7 Å². The van der Waals surface area contributed by atoms with Gasteiger partial charge in [-0.2, -0.15) is 0 Å². The minimum absolute atomic E-state index is 0.0287. The summed E-state index contributed by atoms with van der Waals surface area (Å²) in [5.41, 5.74) is -0.104. The van der Waals surface area contributed by atoms with E-state index in [0.717, 1.165) is 6.61 Å². The first-order valence-electron chi connectivity index (χ1n) is 8.26. The zero-order valence-electron chi connectivity index (χ0n) is 14.5. The fourth-order valence-corrected chi connectivity index (χ4v) is 7.91. The first-order valence-corrected chi connectivity index (χ1v) is 10.2. The molecule has 2 nitrogen and oxygen atoms in total. The van der Waals surface area contributed by atoms with Crippen molar-refractivity contribution >= 4 is 18.7 Å². The van der Waals surface area contributed by atoms with Crippen molar-refractivity contribution in [3.63, 3.8) is 0 Å². The lowest BCUT2D eigenvalue weighted by atomic mass is 10.2. The number of benzene rings is 2. The second-order valence-electron chi connectivity index (χ2n) is 7.69. The molecule has 1 heterocycles. The number of rotatable bonds is 5.